The average molecular weight is 443 g/mol. The molecule has 156 valence electrons. The van der Waals surface area contributed by atoms with E-state index in [1.165, 1.54) is 11.3 Å². The van der Waals surface area contributed by atoms with E-state index in [-0.39, 0.29) is 24.2 Å². The van der Waals surface area contributed by atoms with Crippen molar-refractivity contribution in [1.82, 2.24) is 15.5 Å². The first-order valence-corrected chi connectivity index (χ1v) is 10.9. The summed E-state index contributed by atoms with van der Waals surface area (Å²) in [4.78, 5) is 25.4. The van der Waals surface area contributed by atoms with Gasteiger partial charge in [-0.25, -0.2) is 0 Å². The lowest BCUT2D eigenvalue weighted by molar-refractivity contribution is -0.127. The van der Waals surface area contributed by atoms with Gasteiger partial charge in [0.25, 0.3) is 0 Å². The number of carbonyl (C=O) groups excluding carboxylic acids is 2. The topological polar surface area (TPSA) is 84.0 Å². The molecule has 0 aliphatic carbocycles. The number of hydrogen-bond donors (Lipinski definition) is 2. The lowest BCUT2D eigenvalue weighted by Crippen LogP contribution is -2.48. The fourth-order valence-electron chi connectivity index (χ4n) is 2.87. The van der Waals surface area contributed by atoms with E-state index in [2.05, 4.69) is 20.8 Å². The van der Waals surface area contributed by atoms with Gasteiger partial charge in [-0.1, -0.05) is 85.7 Å². The van der Waals surface area contributed by atoms with Gasteiger partial charge in [-0.15, -0.1) is 10.2 Å². The molecule has 0 saturated carbocycles. The summed E-state index contributed by atoms with van der Waals surface area (Å²) in [6, 6.07) is 16.0. The average Bonchev–Trinajstić information content (AvgIpc) is 3.21. The molecule has 6 nitrogen and oxygen atoms in total. The third-order valence-electron chi connectivity index (χ3n) is 4.77. The maximum atomic E-state index is 12.9. The number of carbonyl (C=O) groups is 2. The fourth-order valence-corrected chi connectivity index (χ4v) is 3.75. The Labute approximate surface area is 184 Å². The van der Waals surface area contributed by atoms with Crippen LogP contribution in [0.4, 0.5) is 5.13 Å². The Kier molecular flexibility index (Phi) is 7.54. The number of halogens is 1. The van der Waals surface area contributed by atoms with Gasteiger partial charge in [0.05, 0.1) is 6.42 Å². The molecule has 0 spiro atoms. The molecule has 30 heavy (non-hydrogen) atoms. The van der Waals surface area contributed by atoms with E-state index in [0.29, 0.717) is 15.2 Å². The first-order valence-electron chi connectivity index (χ1n) is 9.70. The molecule has 3 rings (SSSR count). The SMILES string of the molecule is CC[C@H](C)[C@H](NC(=O)Cc1ccccc1)C(=O)Nc1nnc(-c2ccc(Cl)cc2)s1. The molecule has 0 aliphatic heterocycles. The first kappa shape index (κ1) is 21.9. The Hall–Kier alpha value is -2.77. The molecule has 0 fully saturated rings. The summed E-state index contributed by atoms with van der Waals surface area (Å²) in [5.74, 6) is -0.529. The van der Waals surface area contributed by atoms with Crippen LogP contribution in [0.25, 0.3) is 10.6 Å². The van der Waals surface area contributed by atoms with Crippen LogP contribution in [0.1, 0.15) is 25.8 Å². The molecule has 2 aromatic carbocycles. The molecular weight excluding hydrogens is 420 g/mol. The number of rotatable bonds is 8. The predicted octanol–water partition coefficient (Wildman–Crippen LogP) is 4.57. The second-order valence-electron chi connectivity index (χ2n) is 7.00. The van der Waals surface area contributed by atoms with Gasteiger partial charge in [-0.05, 0) is 23.6 Å². The maximum Gasteiger partial charge on any atom is 0.249 e. The molecule has 8 heteroatoms. The van der Waals surface area contributed by atoms with E-state index >= 15 is 0 Å². The van der Waals surface area contributed by atoms with Crippen molar-refractivity contribution < 1.29 is 9.59 Å². The van der Waals surface area contributed by atoms with Crippen LogP contribution in [-0.4, -0.2) is 28.1 Å². The molecule has 0 radical (unpaired) electrons. The second-order valence-corrected chi connectivity index (χ2v) is 8.42. The van der Waals surface area contributed by atoms with Gasteiger partial charge >= 0.3 is 0 Å². The highest BCUT2D eigenvalue weighted by Gasteiger charge is 2.27. The van der Waals surface area contributed by atoms with E-state index in [4.69, 9.17) is 11.6 Å². The molecule has 1 heterocycles. The van der Waals surface area contributed by atoms with E-state index in [1.54, 1.807) is 12.1 Å². The van der Waals surface area contributed by atoms with Crippen LogP contribution in [0.2, 0.25) is 5.02 Å². The minimum absolute atomic E-state index is 0.0339. The molecule has 0 aliphatic rings. The summed E-state index contributed by atoms with van der Waals surface area (Å²) in [5.41, 5.74) is 1.77. The highest BCUT2D eigenvalue weighted by Crippen LogP contribution is 2.27. The van der Waals surface area contributed by atoms with Crippen molar-refractivity contribution in [3.05, 3.63) is 65.2 Å². The molecule has 3 aromatic rings. The predicted molar refractivity (Wildman–Crippen MR) is 121 cm³/mol. The van der Waals surface area contributed by atoms with Crippen molar-refractivity contribution in [2.24, 2.45) is 5.92 Å². The van der Waals surface area contributed by atoms with Gasteiger partial charge in [0.1, 0.15) is 11.0 Å². The standard InChI is InChI=1S/C22H23ClN4O2S/c1-3-14(2)19(24-18(28)13-15-7-5-4-6-8-15)20(29)25-22-27-26-21(30-22)16-9-11-17(23)12-10-16/h4-12,14,19H,3,13H2,1-2H3,(H,24,28)(H,25,27,29)/t14-,19-/m0/s1. The Bertz CT molecular complexity index is 992. The van der Waals surface area contributed by atoms with Crippen LogP contribution in [0.5, 0.6) is 0 Å². The van der Waals surface area contributed by atoms with E-state index in [0.717, 1.165) is 17.5 Å². The Morgan fingerprint density at radius 1 is 1.07 bits per heavy atom. The second kappa shape index (κ2) is 10.3. The normalized spacial score (nSPS) is 12.8. The number of amides is 2. The minimum Gasteiger partial charge on any atom is -0.344 e. The zero-order chi connectivity index (χ0) is 21.5. The van der Waals surface area contributed by atoms with Gasteiger partial charge < -0.3 is 5.32 Å². The highest BCUT2D eigenvalue weighted by atomic mass is 35.5. The molecular formula is C22H23ClN4O2S. The number of anilines is 1. The van der Waals surface area contributed by atoms with E-state index in [1.807, 2.05) is 56.3 Å². The Balaban J connectivity index is 1.66. The number of benzene rings is 2. The molecule has 2 atom stereocenters. The third kappa shape index (κ3) is 5.87. The van der Waals surface area contributed by atoms with Crippen molar-refractivity contribution in [3.63, 3.8) is 0 Å². The number of hydrogen-bond acceptors (Lipinski definition) is 5. The van der Waals surface area contributed by atoms with E-state index < -0.39 is 6.04 Å². The van der Waals surface area contributed by atoms with Crippen molar-refractivity contribution >= 4 is 39.9 Å². The maximum absolute atomic E-state index is 12.9. The molecule has 0 saturated heterocycles. The molecule has 2 amide bonds. The van der Waals surface area contributed by atoms with E-state index in [9.17, 15) is 9.59 Å². The summed E-state index contributed by atoms with van der Waals surface area (Å²) in [6.07, 6.45) is 0.969. The van der Waals surface area contributed by atoms with Gasteiger partial charge in [0, 0.05) is 10.6 Å². The van der Waals surface area contributed by atoms with Crippen LogP contribution in [0, 0.1) is 5.92 Å². The Morgan fingerprint density at radius 3 is 2.43 bits per heavy atom. The van der Waals surface area contributed by atoms with Crippen LogP contribution in [0.15, 0.2) is 54.6 Å². The van der Waals surface area contributed by atoms with Crippen molar-refractivity contribution in [2.45, 2.75) is 32.7 Å². The van der Waals surface area contributed by atoms with Crippen molar-refractivity contribution in [1.29, 1.82) is 0 Å². The summed E-state index contributed by atoms with van der Waals surface area (Å²) in [6.45, 7) is 3.92. The highest BCUT2D eigenvalue weighted by molar-refractivity contribution is 7.18. The summed E-state index contributed by atoms with van der Waals surface area (Å²) in [5, 5.41) is 15.6. The molecule has 1 aromatic heterocycles. The summed E-state index contributed by atoms with van der Waals surface area (Å²) >= 11 is 7.19. The zero-order valence-corrected chi connectivity index (χ0v) is 18.3. The monoisotopic (exact) mass is 442 g/mol. The first-order chi connectivity index (χ1) is 14.5. The summed E-state index contributed by atoms with van der Waals surface area (Å²) < 4.78 is 0. The van der Waals surface area contributed by atoms with Crippen molar-refractivity contribution in [2.75, 3.05) is 5.32 Å². The largest absolute Gasteiger partial charge is 0.344 e. The van der Waals surface area contributed by atoms with Crippen LogP contribution in [-0.2, 0) is 16.0 Å². The number of nitrogens with one attached hydrogen (secondary N) is 2. The zero-order valence-electron chi connectivity index (χ0n) is 16.8. The summed E-state index contributed by atoms with van der Waals surface area (Å²) in [7, 11) is 0. The Morgan fingerprint density at radius 2 is 1.77 bits per heavy atom. The third-order valence-corrected chi connectivity index (χ3v) is 5.91. The quantitative estimate of drug-likeness (QED) is 0.535. The minimum atomic E-state index is -0.658. The lowest BCUT2D eigenvalue weighted by atomic mass is 9.98. The smallest absolute Gasteiger partial charge is 0.249 e. The fraction of sp³-hybridized carbons (Fsp3) is 0.273. The molecule has 0 bridgehead atoms. The van der Waals surface area contributed by atoms with Gasteiger partial charge in [0.15, 0.2) is 0 Å². The number of nitrogens with zero attached hydrogens (tertiary/aromatic N) is 2. The van der Waals surface area contributed by atoms with Crippen LogP contribution < -0.4 is 10.6 Å². The van der Waals surface area contributed by atoms with Gasteiger partial charge in [-0.3, -0.25) is 14.9 Å². The number of aromatic nitrogens is 2. The molecule has 0 unspecified atom stereocenters. The van der Waals surface area contributed by atoms with Gasteiger partial charge in [-0.2, -0.15) is 0 Å². The van der Waals surface area contributed by atoms with Gasteiger partial charge in [0.2, 0.25) is 16.9 Å². The van der Waals surface area contributed by atoms with Crippen LogP contribution >= 0.6 is 22.9 Å². The van der Waals surface area contributed by atoms with Crippen molar-refractivity contribution in [3.8, 4) is 10.6 Å². The molecule has 2 N–H and O–H groups in total. The van der Waals surface area contributed by atoms with Crippen LogP contribution in [0.3, 0.4) is 0 Å². The lowest BCUT2D eigenvalue weighted by Gasteiger charge is -2.23.